The number of hydrogen-bond donors (Lipinski definition) is 2. The third-order valence-electron chi connectivity index (χ3n) is 2.99. The zero-order chi connectivity index (χ0) is 14.3. The zero-order valence-corrected chi connectivity index (χ0v) is 12.5. The number of thiophene rings is 1. The van der Waals surface area contributed by atoms with Gasteiger partial charge in [-0.05, 0) is 18.6 Å². The van der Waals surface area contributed by atoms with E-state index >= 15 is 0 Å². The van der Waals surface area contributed by atoms with Crippen LogP contribution in [0.2, 0.25) is 5.15 Å². The summed E-state index contributed by atoms with van der Waals surface area (Å²) in [5.41, 5.74) is 0. The van der Waals surface area contributed by atoms with E-state index in [0.717, 1.165) is 16.0 Å². The van der Waals surface area contributed by atoms with Gasteiger partial charge in [0.25, 0.3) is 10.0 Å². The van der Waals surface area contributed by atoms with E-state index in [1.54, 1.807) is 6.07 Å². The highest BCUT2D eigenvalue weighted by molar-refractivity contribution is 7.91. The quantitative estimate of drug-likeness (QED) is 0.825. The molecular formula is C11H10ClN3O3S2. The Morgan fingerprint density at radius 3 is 2.95 bits per heavy atom. The van der Waals surface area contributed by atoms with Crippen molar-refractivity contribution in [3.63, 3.8) is 0 Å². The van der Waals surface area contributed by atoms with Crippen molar-refractivity contribution in [2.45, 2.75) is 16.7 Å². The van der Waals surface area contributed by atoms with Crippen LogP contribution in [0, 0.1) is 0 Å². The molecule has 9 heteroatoms. The van der Waals surface area contributed by atoms with Gasteiger partial charge in [0.05, 0.1) is 0 Å². The van der Waals surface area contributed by atoms with Crippen molar-refractivity contribution >= 4 is 49.0 Å². The number of nitrogens with zero attached hydrogens (tertiary/aromatic N) is 1. The molecule has 1 aliphatic rings. The Bertz CT molecular complexity index is 787. The molecule has 1 fully saturated rings. The van der Waals surface area contributed by atoms with Crippen LogP contribution in [0.15, 0.2) is 22.5 Å². The van der Waals surface area contributed by atoms with Crippen LogP contribution in [0.5, 0.6) is 0 Å². The van der Waals surface area contributed by atoms with Crippen molar-refractivity contribution in [3.05, 3.63) is 23.5 Å². The second kappa shape index (κ2) is 4.96. The number of pyridine rings is 1. The molecule has 0 radical (unpaired) electrons. The first-order valence-electron chi connectivity index (χ1n) is 5.81. The number of sulfonamides is 1. The van der Waals surface area contributed by atoms with Gasteiger partial charge in [0.1, 0.15) is 15.4 Å². The van der Waals surface area contributed by atoms with E-state index in [1.807, 2.05) is 0 Å². The number of nitrogens with one attached hydrogen (secondary N) is 2. The van der Waals surface area contributed by atoms with Gasteiger partial charge in [0.2, 0.25) is 5.91 Å². The lowest BCUT2D eigenvalue weighted by atomic mass is 10.3. The van der Waals surface area contributed by atoms with Gasteiger partial charge in [-0.3, -0.25) is 4.79 Å². The van der Waals surface area contributed by atoms with Crippen LogP contribution in [0.4, 0.5) is 0 Å². The van der Waals surface area contributed by atoms with Crippen molar-refractivity contribution in [2.24, 2.45) is 0 Å². The van der Waals surface area contributed by atoms with Crippen LogP contribution in [0.3, 0.4) is 0 Å². The number of rotatable bonds is 3. The summed E-state index contributed by atoms with van der Waals surface area (Å²) in [7, 11) is -3.73. The Labute approximate surface area is 124 Å². The highest BCUT2D eigenvalue weighted by Crippen LogP contribution is 2.32. The van der Waals surface area contributed by atoms with E-state index in [4.69, 9.17) is 11.6 Å². The summed E-state index contributed by atoms with van der Waals surface area (Å²) in [5, 5.41) is 3.44. The molecule has 1 saturated heterocycles. The molecule has 1 amide bonds. The summed E-state index contributed by atoms with van der Waals surface area (Å²) >= 11 is 7.03. The number of carbonyl (C=O) groups excluding carboxylic acids is 1. The SMILES string of the molecule is O=C1NCC[C@@H]1NS(=O)(=O)c1cc2c(Cl)nccc2s1. The minimum atomic E-state index is -3.73. The van der Waals surface area contributed by atoms with Crippen molar-refractivity contribution in [3.8, 4) is 0 Å². The molecule has 0 spiro atoms. The molecule has 0 saturated carbocycles. The number of hydrogen-bond acceptors (Lipinski definition) is 5. The fourth-order valence-electron chi connectivity index (χ4n) is 1.99. The first-order valence-corrected chi connectivity index (χ1v) is 8.49. The van der Waals surface area contributed by atoms with Gasteiger partial charge < -0.3 is 5.32 Å². The molecule has 0 aliphatic carbocycles. The lowest BCUT2D eigenvalue weighted by molar-refractivity contribution is -0.120. The maximum absolute atomic E-state index is 12.3. The normalized spacial score (nSPS) is 19.4. The molecule has 3 heterocycles. The molecular weight excluding hydrogens is 322 g/mol. The number of carbonyl (C=O) groups is 1. The highest BCUT2D eigenvalue weighted by Gasteiger charge is 2.30. The van der Waals surface area contributed by atoms with Crippen LogP contribution in [-0.2, 0) is 14.8 Å². The Morgan fingerprint density at radius 1 is 1.50 bits per heavy atom. The van der Waals surface area contributed by atoms with Crippen LogP contribution >= 0.6 is 22.9 Å². The highest BCUT2D eigenvalue weighted by atomic mass is 35.5. The van der Waals surface area contributed by atoms with Crippen LogP contribution < -0.4 is 10.0 Å². The van der Waals surface area contributed by atoms with Crippen LogP contribution in [-0.4, -0.2) is 31.9 Å². The van der Waals surface area contributed by atoms with Crippen molar-refractivity contribution in [2.75, 3.05) is 6.54 Å². The smallest absolute Gasteiger partial charge is 0.250 e. The van der Waals surface area contributed by atoms with Gasteiger partial charge in [-0.25, -0.2) is 13.4 Å². The monoisotopic (exact) mass is 331 g/mol. The lowest BCUT2D eigenvalue weighted by Crippen LogP contribution is -2.39. The minimum absolute atomic E-state index is 0.127. The molecule has 2 aromatic heterocycles. The minimum Gasteiger partial charge on any atom is -0.355 e. The third kappa shape index (κ3) is 2.39. The van der Waals surface area contributed by atoms with E-state index in [9.17, 15) is 13.2 Å². The van der Waals surface area contributed by atoms with Gasteiger partial charge in [-0.2, -0.15) is 4.72 Å². The Balaban J connectivity index is 1.96. The fraction of sp³-hybridized carbons (Fsp3) is 0.273. The number of amides is 1. The topological polar surface area (TPSA) is 88.2 Å². The van der Waals surface area contributed by atoms with E-state index in [-0.39, 0.29) is 15.3 Å². The first kappa shape index (κ1) is 13.7. The van der Waals surface area contributed by atoms with Gasteiger partial charge in [0, 0.05) is 22.8 Å². The van der Waals surface area contributed by atoms with Gasteiger partial charge in [-0.1, -0.05) is 11.6 Å². The summed E-state index contributed by atoms with van der Waals surface area (Å²) in [5.74, 6) is -0.297. The second-order valence-corrected chi connectivity index (χ2v) is 7.72. The standard InChI is InChI=1S/C11H10ClN3O3S2/c12-10-6-5-9(19-8(6)2-4-13-10)20(17,18)15-7-1-3-14-11(7)16/h2,4-5,7,15H,1,3H2,(H,14,16)/t7-/m0/s1. The molecule has 20 heavy (non-hydrogen) atoms. The van der Waals surface area contributed by atoms with E-state index in [2.05, 4.69) is 15.0 Å². The first-order chi connectivity index (χ1) is 9.47. The summed E-state index contributed by atoms with van der Waals surface area (Å²) in [4.78, 5) is 15.4. The summed E-state index contributed by atoms with van der Waals surface area (Å²) in [6.07, 6.45) is 1.97. The van der Waals surface area contributed by atoms with Gasteiger partial charge in [0.15, 0.2) is 0 Å². The summed E-state index contributed by atoms with van der Waals surface area (Å²) in [6.45, 7) is 0.480. The van der Waals surface area contributed by atoms with E-state index in [0.29, 0.717) is 18.4 Å². The summed E-state index contributed by atoms with van der Waals surface area (Å²) < 4.78 is 27.8. The van der Waals surface area contributed by atoms with Gasteiger partial charge >= 0.3 is 0 Å². The van der Waals surface area contributed by atoms with E-state index in [1.165, 1.54) is 12.3 Å². The molecule has 0 unspecified atom stereocenters. The fourth-order valence-corrected chi connectivity index (χ4v) is 4.89. The third-order valence-corrected chi connectivity index (χ3v) is 6.33. The number of fused-ring (bicyclic) bond motifs is 1. The molecule has 2 aromatic rings. The van der Waals surface area contributed by atoms with Crippen molar-refractivity contribution in [1.82, 2.24) is 15.0 Å². The van der Waals surface area contributed by atoms with Crippen LogP contribution in [0.1, 0.15) is 6.42 Å². The Kier molecular flexibility index (Phi) is 3.41. The zero-order valence-electron chi connectivity index (χ0n) is 10.1. The Hall–Kier alpha value is -1.22. The van der Waals surface area contributed by atoms with Crippen LogP contribution in [0.25, 0.3) is 10.1 Å². The molecule has 2 N–H and O–H groups in total. The maximum Gasteiger partial charge on any atom is 0.250 e. The molecule has 3 rings (SSSR count). The molecule has 0 aromatic carbocycles. The predicted octanol–water partition coefficient (Wildman–Crippen LogP) is 1.12. The largest absolute Gasteiger partial charge is 0.355 e. The maximum atomic E-state index is 12.3. The van der Waals surface area contributed by atoms with E-state index < -0.39 is 16.1 Å². The lowest BCUT2D eigenvalue weighted by Gasteiger charge is -2.08. The second-order valence-electron chi connectivity index (χ2n) is 4.33. The molecule has 1 aliphatic heterocycles. The average Bonchev–Trinajstić information content (AvgIpc) is 2.98. The van der Waals surface area contributed by atoms with Crippen molar-refractivity contribution < 1.29 is 13.2 Å². The predicted molar refractivity (Wildman–Crippen MR) is 76.4 cm³/mol. The number of aromatic nitrogens is 1. The molecule has 0 bridgehead atoms. The summed E-state index contributed by atoms with van der Waals surface area (Å²) in [6, 6.07) is 2.47. The molecule has 106 valence electrons. The number of halogens is 1. The van der Waals surface area contributed by atoms with Gasteiger partial charge in [-0.15, -0.1) is 11.3 Å². The Morgan fingerprint density at radius 2 is 2.30 bits per heavy atom. The molecule has 6 nitrogen and oxygen atoms in total. The average molecular weight is 332 g/mol. The van der Waals surface area contributed by atoms with Crippen molar-refractivity contribution in [1.29, 1.82) is 0 Å². The molecule has 1 atom stereocenters.